The fourth-order valence-electron chi connectivity index (χ4n) is 1.36. The zero-order valence-electron chi connectivity index (χ0n) is 9.02. The molecule has 0 radical (unpaired) electrons. The third-order valence-electron chi connectivity index (χ3n) is 2.23. The number of aromatic carboxylic acids is 1. The van der Waals surface area contributed by atoms with Crippen LogP contribution in [0.2, 0.25) is 0 Å². The molecule has 3 nitrogen and oxygen atoms in total. The molecule has 1 heterocycles. The van der Waals surface area contributed by atoms with Gasteiger partial charge in [-0.05, 0) is 24.3 Å². The van der Waals surface area contributed by atoms with Crippen molar-refractivity contribution in [1.82, 2.24) is 0 Å². The highest BCUT2D eigenvalue weighted by Crippen LogP contribution is 2.26. The molecule has 0 saturated carbocycles. The van der Waals surface area contributed by atoms with E-state index in [0.717, 1.165) is 12.1 Å². The van der Waals surface area contributed by atoms with E-state index in [1.165, 1.54) is 30.2 Å². The molecule has 1 aromatic carbocycles. The zero-order valence-corrected chi connectivity index (χ0v) is 9.84. The second-order valence-electron chi connectivity index (χ2n) is 3.44. The van der Waals surface area contributed by atoms with Gasteiger partial charge in [-0.1, -0.05) is 0 Å². The molecule has 0 aliphatic heterocycles. The molecule has 94 valence electrons. The smallest absolute Gasteiger partial charge is 0.372 e. The normalized spacial score (nSPS) is 10.6. The Hall–Kier alpha value is -1.82. The van der Waals surface area contributed by atoms with Crippen molar-refractivity contribution in [3.05, 3.63) is 53.5 Å². The van der Waals surface area contributed by atoms with Crippen molar-refractivity contribution >= 4 is 17.7 Å². The first-order chi connectivity index (χ1) is 8.58. The van der Waals surface area contributed by atoms with E-state index in [9.17, 15) is 13.6 Å². The maximum atomic E-state index is 13.0. The second-order valence-corrected chi connectivity index (χ2v) is 4.49. The van der Waals surface area contributed by atoms with Gasteiger partial charge >= 0.3 is 5.97 Å². The first-order valence-corrected chi connectivity index (χ1v) is 5.94. The first-order valence-electron chi connectivity index (χ1n) is 4.95. The number of hydrogen-bond acceptors (Lipinski definition) is 3. The molecule has 0 spiro atoms. The van der Waals surface area contributed by atoms with Crippen molar-refractivity contribution in [2.24, 2.45) is 0 Å². The number of thioether (sulfide) groups is 1. The third-order valence-corrected chi connectivity index (χ3v) is 3.27. The molecule has 2 aromatic rings. The van der Waals surface area contributed by atoms with Crippen LogP contribution in [0, 0.1) is 11.6 Å². The lowest BCUT2D eigenvalue weighted by Gasteiger charge is -2.01. The molecule has 2 rings (SSSR count). The van der Waals surface area contributed by atoms with Crippen molar-refractivity contribution in [2.45, 2.75) is 10.6 Å². The Morgan fingerprint density at radius 1 is 1.28 bits per heavy atom. The van der Waals surface area contributed by atoms with Crippen LogP contribution < -0.4 is 0 Å². The van der Waals surface area contributed by atoms with Gasteiger partial charge in [0.15, 0.2) is 11.6 Å². The van der Waals surface area contributed by atoms with E-state index in [4.69, 9.17) is 9.52 Å². The fourth-order valence-corrected chi connectivity index (χ4v) is 2.27. The summed E-state index contributed by atoms with van der Waals surface area (Å²) in [5, 5.41) is 8.82. The van der Waals surface area contributed by atoms with E-state index < -0.39 is 17.6 Å². The quantitative estimate of drug-likeness (QED) is 0.863. The van der Waals surface area contributed by atoms with Gasteiger partial charge in [0.1, 0.15) is 0 Å². The summed E-state index contributed by atoms with van der Waals surface area (Å²) in [5.41, 5.74) is 0.497. The minimum atomic E-state index is -1.15. The van der Waals surface area contributed by atoms with Gasteiger partial charge in [0, 0.05) is 16.2 Å². The molecule has 0 amide bonds. The predicted octanol–water partition coefficient (Wildman–Crippen LogP) is 3.55. The van der Waals surface area contributed by atoms with Crippen LogP contribution in [0.15, 0.2) is 39.8 Å². The van der Waals surface area contributed by atoms with Crippen LogP contribution in [0.4, 0.5) is 8.78 Å². The molecular formula is C12H8F2O3S. The fraction of sp³-hybridized carbons (Fsp3) is 0.0833. The van der Waals surface area contributed by atoms with Crippen LogP contribution in [0.3, 0.4) is 0 Å². The average Bonchev–Trinajstić information content (AvgIpc) is 2.79. The predicted molar refractivity (Wildman–Crippen MR) is 61.6 cm³/mol. The van der Waals surface area contributed by atoms with Gasteiger partial charge in [0.2, 0.25) is 5.76 Å². The molecular weight excluding hydrogens is 262 g/mol. The van der Waals surface area contributed by atoms with Crippen molar-refractivity contribution in [3.8, 4) is 0 Å². The van der Waals surface area contributed by atoms with Gasteiger partial charge in [0.05, 0.1) is 6.26 Å². The summed E-state index contributed by atoms with van der Waals surface area (Å²) >= 11 is 1.20. The number of carboxylic acids is 1. The Kier molecular flexibility index (Phi) is 3.66. The van der Waals surface area contributed by atoms with Crippen molar-refractivity contribution in [3.63, 3.8) is 0 Å². The molecule has 1 N–H and O–H groups in total. The largest absolute Gasteiger partial charge is 0.475 e. The highest BCUT2D eigenvalue weighted by molar-refractivity contribution is 7.98. The summed E-state index contributed by atoms with van der Waals surface area (Å²) in [6.45, 7) is 0. The molecule has 0 unspecified atom stereocenters. The van der Waals surface area contributed by atoms with Crippen LogP contribution in [0.25, 0.3) is 0 Å². The highest BCUT2D eigenvalue weighted by Gasteiger charge is 2.14. The minimum Gasteiger partial charge on any atom is -0.475 e. The molecule has 1 aromatic heterocycles. The second kappa shape index (κ2) is 5.22. The number of rotatable bonds is 4. The average molecular weight is 270 g/mol. The molecule has 18 heavy (non-hydrogen) atoms. The molecule has 0 aliphatic carbocycles. The van der Waals surface area contributed by atoms with E-state index >= 15 is 0 Å². The number of furan rings is 1. The zero-order chi connectivity index (χ0) is 13.1. The van der Waals surface area contributed by atoms with Crippen LogP contribution in [-0.2, 0) is 5.75 Å². The van der Waals surface area contributed by atoms with Crippen molar-refractivity contribution in [1.29, 1.82) is 0 Å². The number of carboxylic acid groups (broad SMARTS) is 1. The summed E-state index contributed by atoms with van der Waals surface area (Å²) in [7, 11) is 0. The van der Waals surface area contributed by atoms with Gasteiger partial charge in [-0.2, -0.15) is 0 Å². The van der Waals surface area contributed by atoms with Crippen LogP contribution in [-0.4, -0.2) is 11.1 Å². The monoisotopic (exact) mass is 270 g/mol. The lowest BCUT2D eigenvalue weighted by atomic mass is 10.3. The summed E-state index contributed by atoms with van der Waals surface area (Å²) in [5.74, 6) is -2.81. The molecule has 6 heteroatoms. The minimum absolute atomic E-state index is 0.134. The SMILES string of the molecule is O=C(O)c1occc1CSc1ccc(F)c(F)c1. The third kappa shape index (κ3) is 2.70. The van der Waals surface area contributed by atoms with Gasteiger partial charge in [-0.25, -0.2) is 13.6 Å². The number of benzene rings is 1. The van der Waals surface area contributed by atoms with Gasteiger partial charge in [0.25, 0.3) is 0 Å². The van der Waals surface area contributed by atoms with E-state index in [1.807, 2.05) is 0 Å². The van der Waals surface area contributed by atoms with Crippen LogP contribution in [0.5, 0.6) is 0 Å². The summed E-state index contributed by atoms with van der Waals surface area (Å²) < 4.78 is 30.5. The maximum absolute atomic E-state index is 13.0. The Morgan fingerprint density at radius 3 is 2.72 bits per heavy atom. The summed E-state index contributed by atoms with van der Waals surface area (Å²) in [4.78, 5) is 11.3. The Balaban J connectivity index is 2.09. The lowest BCUT2D eigenvalue weighted by molar-refractivity contribution is 0.0661. The Bertz CT molecular complexity index is 580. The summed E-state index contributed by atoms with van der Waals surface area (Å²) in [6, 6.07) is 5.08. The van der Waals surface area contributed by atoms with E-state index in [0.29, 0.717) is 16.2 Å². The summed E-state index contributed by atoms with van der Waals surface area (Å²) in [6.07, 6.45) is 1.28. The molecule has 0 atom stereocenters. The molecule has 0 aliphatic rings. The van der Waals surface area contributed by atoms with E-state index in [-0.39, 0.29) is 5.76 Å². The molecule has 0 bridgehead atoms. The lowest BCUT2D eigenvalue weighted by Crippen LogP contribution is -1.97. The first kappa shape index (κ1) is 12.6. The highest BCUT2D eigenvalue weighted by atomic mass is 32.2. The van der Waals surface area contributed by atoms with Gasteiger partial charge < -0.3 is 9.52 Å². The van der Waals surface area contributed by atoms with Crippen molar-refractivity contribution in [2.75, 3.05) is 0 Å². The molecule has 0 fully saturated rings. The van der Waals surface area contributed by atoms with Crippen LogP contribution in [0.1, 0.15) is 16.1 Å². The topological polar surface area (TPSA) is 50.4 Å². The number of carbonyl (C=O) groups is 1. The van der Waals surface area contributed by atoms with Crippen molar-refractivity contribution < 1.29 is 23.1 Å². The van der Waals surface area contributed by atoms with Crippen LogP contribution >= 0.6 is 11.8 Å². The van der Waals surface area contributed by atoms with E-state index in [1.54, 1.807) is 0 Å². The Morgan fingerprint density at radius 2 is 2.06 bits per heavy atom. The molecule has 0 saturated heterocycles. The van der Waals surface area contributed by atoms with Gasteiger partial charge in [-0.3, -0.25) is 0 Å². The standard InChI is InChI=1S/C12H8F2O3S/c13-9-2-1-8(5-10(9)14)18-6-7-3-4-17-11(7)12(15)16/h1-5H,6H2,(H,15,16). The van der Waals surface area contributed by atoms with Gasteiger partial charge in [-0.15, -0.1) is 11.8 Å². The Labute approximate surface area is 105 Å². The number of hydrogen-bond donors (Lipinski definition) is 1. The van der Waals surface area contributed by atoms with E-state index in [2.05, 4.69) is 0 Å². The maximum Gasteiger partial charge on any atom is 0.372 e. The number of halogens is 2.